The fourth-order valence-corrected chi connectivity index (χ4v) is 2.84. The van der Waals surface area contributed by atoms with E-state index in [1.807, 2.05) is 0 Å². The van der Waals surface area contributed by atoms with Crippen LogP contribution in [0.25, 0.3) is 5.65 Å². The summed E-state index contributed by atoms with van der Waals surface area (Å²) in [6.45, 7) is 3.43. The van der Waals surface area contributed by atoms with E-state index in [1.54, 1.807) is 11.4 Å². The molecule has 3 rings (SSSR count). The molecule has 3 heterocycles. The van der Waals surface area contributed by atoms with Crippen LogP contribution in [0.15, 0.2) is 10.9 Å². The molecular formula is C13H17ClN4O3. The Balaban J connectivity index is 0.00000161. The highest BCUT2D eigenvalue weighted by Gasteiger charge is 2.23. The number of fused-ring (bicyclic) bond motifs is 1. The summed E-state index contributed by atoms with van der Waals surface area (Å²) in [5, 5.41) is 16.8. The molecule has 3 N–H and O–H groups in total. The van der Waals surface area contributed by atoms with Crippen LogP contribution in [-0.2, 0) is 0 Å². The molecular weight excluding hydrogens is 296 g/mol. The van der Waals surface area contributed by atoms with Crippen LogP contribution in [0.1, 0.15) is 40.5 Å². The van der Waals surface area contributed by atoms with Crippen LogP contribution in [0.2, 0.25) is 0 Å². The second-order valence-electron chi connectivity index (χ2n) is 5.11. The van der Waals surface area contributed by atoms with Crippen molar-refractivity contribution in [3.05, 3.63) is 33.4 Å². The van der Waals surface area contributed by atoms with Crippen molar-refractivity contribution >= 4 is 24.0 Å². The minimum atomic E-state index is -1.07. The van der Waals surface area contributed by atoms with Gasteiger partial charge in [0.25, 0.3) is 5.56 Å². The molecule has 2 aromatic heterocycles. The first-order valence-electron chi connectivity index (χ1n) is 6.64. The van der Waals surface area contributed by atoms with Crippen molar-refractivity contribution in [3.63, 3.8) is 0 Å². The maximum absolute atomic E-state index is 11.8. The molecule has 0 spiro atoms. The van der Waals surface area contributed by atoms with Crippen molar-refractivity contribution in [2.75, 3.05) is 13.1 Å². The van der Waals surface area contributed by atoms with Gasteiger partial charge in [-0.3, -0.25) is 4.79 Å². The molecule has 0 aliphatic carbocycles. The molecule has 0 unspecified atom stereocenters. The summed E-state index contributed by atoms with van der Waals surface area (Å²) in [6, 6.07) is 1.53. The lowest BCUT2D eigenvalue weighted by atomic mass is 9.94. The molecule has 0 amide bonds. The molecule has 114 valence electrons. The van der Waals surface area contributed by atoms with Gasteiger partial charge >= 0.3 is 5.97 Å². The smallest absolute Gasteiger partial charge is 0.341 e. The summed E-state index contributed by atoms with van der Waals surface area (Å²) in [5.41, 5.74) is 1.26. The summed E-state index contributed by atoms with van der Waals surface area (Å²) >= 11 is 0. The number of aromatic carboxylic acids is 1. The van der Waals surface area contributed by atoms with Gasteiger partial charge in [0.1, 0.15) is 5.56 Å². The van der Waals surface area contributed by atoms with Crippen molar-refractivity contribution in [1.29, 1.82) is 0 Å². The van der Waals surface area contributed by atoms with Crippen LogP contribution >= 0.6 is 12.4 Å². The fourth-order valence-electron chi connectivity index (χ4n) is 2.84. The zero-order chi connectivity index (χ0) is 14.3. The van der Waals surface area contributed by atoms with Crippen LogP contribution in [0, 0.1) is 6.92 Å². The first-order chi connectivity index (χ1) is 9.58. The Morgan fingerprint density at radius 3 is 2.71 bits per heavy atom. The number of carboxylic acids is 1. The molecule has 0 aromatic carbocycles. The number of aromatic amines is 1. The van der Waals surface area contributed by atoms with E-state index in [9.17, 15) is 14.7 Å². The van der Waals surface area contributed by atoms with Gasteiger partial charge in [0.15, 0.2) is 5.65 Å². The molecule has 1 aliphatic heterocycles. The number of hydrogen-bond donors (Lipinski definition) is 3. The van der Waals surface area contributed by atoms with E-state index in [2.05, 4.69) is 15.4 Å². The summed E-state index contributed by atoms with van der Waals surface area (Å²) < 4.78 is 1.58. The molecule has 0 saturated carbocycles. The minimum absolute atomic E-state index is 0. The average molecular weight is 313 g/mol. The van der Waals surface area contributed by atoms with E-state index < -0.39 is 5.97 Å². The summed E-state index contributed by atoms with van der Waals surface area (Å²) in [5.74, 6) is -0.849. The zero-order valence-corrected chi connectivity index (χ0v) is 12.4. The van der Waals surface area contributed by atoms with Gasteiger partial charge in [-0.2, -0.15) is 5.10 Å². The van der Waals surface area contributed by atoms with Gasteiger partial charge in [-0.15, -0.1) is 12.4 Å². The molecule has 0 bridgehead atoms. The number of aryl methyl sites for hydroxylation is 1. The first kappa shape index (κ1) is 15.5. The number of piperidine rings is 1. The second kappa shape index (κ2) is 5.87. The number of carbonyl (C=O) groups is 1. The van der Waals surface area contributed by atoms with Crippen LogP contribution in [0.4, 0.5) is 0 Å². The Hall–Kier alpha value is -1.86. The number of rotatable bonds is 2. The van der Waals surface area contributed by atoms with Crippen LogP contribution in [0.5, 0.6) is 0 Å². The standard InChI is InChI=1S/C13H16N4O3.ClH/c1-7-11(13(19)20)12-15-10(18)6-9(17(12)16-7)8-2-4-14-5-3-8;/h6,8,14H,2-5H2,1H3,(H,15,18)(H,19,20);1H. The van der Waals surface area contributed by atoms with Crippen LogP contribution in [-0.4, -0.2) is 38.8 Å². The number of nitrogens with zero attached hydrogens (tertiary/aromatic N) is 2. The van der Waals surface area contributed by atoms with E-state index in [0.717, 1.165) is 31.6 Å². The number of H-pyrrole nitrogens is 1. The predicted octanol–water partition coefficient (Wildman–Crippen LogP) is 0.918. The molecule has 1 fully saturated rings. The van der Waals surface area contributed by atoms with E-state index in [0.29, 0.717) is 5.69 Å². The van der Waals surface area contributed by atoms with Gasteiger partial charge in [-0.05, 0) is 32.9 Å². The highest BCUT2D eigenvalue weighted by molar-refractivity contribution is 5.95. The quantitative estimate of drug-likeness (QED) is 0.765. The Morgan fingerprint density at radius 2 is 2.10 bits per heavy atom. The predicted molar refractivity (Wildman–Crippen MR) is 79.6 cm³/mol. The van der Waals surface area contributed by atoms with Crippen molar-refractivity contribution in [3.8, 4) is 0 Å². The molecule has 1 saturated heterocycles. The lowest BCUT2D eigenvalue weighted by Crippen LogP contribution is -2.28. The molecule has 2 aromatic rings. The van der Waals surface area contributed by atoms with Gasteiger partial charge in [0.2, 0.25) is 0 Å². The maximum Gasteiger partial charge on any atom is 0.341 e. The Morgan fingerprint density at radius 1 is 1.43 bits per heavy atom. The summed E-state index contributed by atoms with van der Waals surface area (Å²) in [7, 11) is 0. The van der Waals surface area contributed by atoms with E-state index in [4.69, 9.17) is 0 Å². The third-order valence-electron chi connectivity index (χ3n) is 3.80. The summed E-state index contributed by atoms with van der Waals surface area (Å²) in [4.78, 5) is 25.7. The van der Waals surface area contributed by atoms with Gasteiger partial charge in [-0.25, -0.2) is 9.31 Å². The third kappa shape index (κ3) is 2.66. The van der Waals surface area contributed by atoms with Crippen molar-refractivity contribution in [2.45, 2.75) is 25.7 Å². The Labute approximate surface area is 126 Å². The number of nitrogens with one attached hydrogen (secondary N) is 2. The SMILES string of the molecule is Cc1nn2c(C3CCNCC3)cc(=O)[nH]c2c1C(=O)O.Cl. The van der Waals surface area contributed by atoms with Crippen molar-refractivity contribution < 1.29 is 9.90 Å². The van der Waals surface area contributed by atoms with E-state index >= 15 is 0 Å². The molecule has 8 heteroatoms. The largest absolute Gasteiger partial charge is 0.477 e. The topological polar surface area (TPSA) is 99.5 Å². The monoisotopic (exact) mass is 312 g/mol. The normalized spacial score (nSPS) is 15.9. The Kier molecular flexibility index (Phi) is 4.34. The molecule has 21 heavy (non-hydrogen) atoms. The summed E-state index contributed by atoms with van der Waals surface area (Å²) in [6.07, 6.45) is 1.83. The van der Waals surface area contributed by atoms with E-state index in [1.165, 1.54) is 6.07 Å². The molecule has 7 nitrogen and oxygen atoms in total. The van der Waals surface area contributed by atoms with Crippen LogP contribution < -0.4 is 10.9 Å². The van der Waals surface area contributed by atoms with Crippen molar-refractivity contribution in [2.24, 2.45) is 0 Å². The maximum atomic E-state index is 11.8. The first-order valence-corrected chi connectivity index (χ1v) is 6.64. The lowest BCUT2D eigenvalue weighted by molar-refractivity contribution is 0.0698. The van der Waals surface area contributed by atoms with Gasteiger partial charge in [-0.1, -0.05) is 0 Å². The molecule has 1 aliphatic rings. The highest BCUT2D eigenvalue weighted by atomic mass is 35.5. The van der Waals surface area contributed by atoms with Gasteiger partial charge in [0, 0.05) is 12.0 Å². The van der Waals surface area contributed by atoms with Crippen LogP contribution in [0.3, 0.4) is 0 Å². The number of aromatic nitrogens is 3. The fraction of sp³-hybridized carbons (Fsp3) is 0.462. The van der Waals surface area contributed by atoms with Crippen molar-refractivity contribution in [1.82, 2.24) is 19.9 Å². The average Bonchev–Trinajstić information content (AvgIpc) is 2.74. The zero-order valence-electron chi connectivity index (χ0n) is 11.5. The third-order valence-corrected chi connectivity index (χ3v) is 3.80. The molecule has 0 atom stereocenters. The number of hydrogen-bond acceptors (Lipinski definition) is 4. The lowest BCUT2D eigenvalue weighted by Gasteiger charge is -2.23. The Bertz CT molecular complexity index is 731. The number of carboxylic acid groups (broad SMARTS) is 1. The number of halogens is 1. The second-order valence-corrected chi connectivity index (χ2v) is 5.11. The van der Waals surface area contributed by atoms with Gasteiger partial charge < -0.3 is 15.4 Å². The minimum Gasteiger partial charge on any atom is -0.477 e. The van der Waals surface area contributed by atoms with Gasteiger partial charge in [0.05, 0.1) is 11.4 Å². The molecule has 0 radical (unpaired) electrons. The van der Waals surface area contributed by atoms with E-state index in [-0.39, 0.29) is 35.1 Å². The highest BCUT2D eigenvalue weighted by Crippen LogP contribution is 2.25.